The van der Waals surface area contributed by atoms with E-state index in [1.807, 2.05) is 18.2 Å². The van der Waals surface area contributed by atoms with E-state index in [0.717, 1.165) is 42.7 Å². The summed E-state index contributed by atoms with van der Waals surface area (Å²) in [5, 5.41) is 13.0. The van der Waals surface area contributed by atoms with Crippen molar-refractivity contribution in [3.8, 4) is 5.75 Å². The van der Waals surface area contributed by atoms with Gasteiger partial charge in [0.25, 0.3) is 0 Å². The van der Waals surface area contributed by atoms with Crippen LogP contribution in [0.3, 0.4) is 0 Å². The van der Waals surface area contributed by atoms with E-state index in [1.54, 1.807) is 0 Å². The van der Waals surface area contributed by atoms with Gasteiger partial charge in [-0.25, -0.2) is 0 Å². The monoisotopic (exact) mass is 289 g/mol. The zero-order valence-electron chi connectivity index (χ0n) is 12.7. The fourth-order valence-electron chi connectivity index (χ4n) is 3.24. The van der Waals surface area contributed by atoms with Crippen molar-refractivity contribution < 1.29 is 14.6 Å². The highest BCUT2D eigenvalue weighted by Crippen LogP contribution is 2.37. The van der Waals surface area contributed by atoms with Crippen molar-refractivity contribution in [2.45, 2.75) is 58.2 Å². The van der Waals surface area contributed by atoms with Gasteiger partial charge < -0.3 is 15.2 Å². The standard InChI is InChI=1S/C17H23NO3/c1-17(2)8-7-14(19)15(10-17)21-12-4-5-13-11(9-12)3-6-16(20)18-13/h4-5,9,14-15,19H,3,6-8,10H2,1-2H3,(H,18,20). The summed E-state index contributed by atoms with van der Waals surface area (Å²) >= 11 is 0. The van der Waals surface area contributed by atoms with Crippen molar-refractivity contribution in [3.05, 3.63) is 23.8 Å². The summed E-state index contributed by atoms with van der Waals surface area (Å²) in [6.45, 7) is 4.44. The quantitative estimate of drug-likeness (QED) is 0.880. The molecule has 2 N–H and O–H groups in total. The van der Waals surface area contributed by atoms with Gasteiger partial charge in [-0.1, -0.05) is 13.8 Å². The van der Waals surface area contributed by atoms with E-state index in [9.17, 15) is 9.90 Å². The maximum atomic E-state index is 11.4. The van der Waals surface area contributed by atoms with Gasteiger partial charge >= 0.3 is 0 Å². The van der Waals surface area contributed by atoms with Crippen LogP contribution in [-0.4, -0.2) is 23.2 Å². The Kier molecular flexibility index (Phi) is 3.66. The smallest absolute Gasteiger partial charge is 0.224 e. The normalized spacial score (nSPS) is 27.7. The van der Waals surface area contributed by atoms with Crippen LogP contribution < -0.4 is 10.1 Å². The third-order valence-corrected chi connectivity index (χ3v) is 4.56. The molecule has 4 heteroatoms. The van der Waals surface area contributed by atoms with Crippen LogP contribution in [0.1, 0.15) is 45.1 Å². The Morgan fingerprint density at radius 2 is 2.14 bits per heavy atom. The fraction of sp³-hybridized carbons (Fsp3) is 0.588. The molecule has 1 heterocycles. The van der Waals surface area contributed by atoms with E-state index in [1.165, 1.54) is 0 Å². The number of aryl methyl sites for hydroxylation is 1. The molecule has 1 saturated carbocycles. The molecule has 114 valence electrons. The second kappa shape index (κ2) is 5.34. The first-order chi connectivity index (χ1) is 9.93. The maximum Gasteiger partial charge on any atom is 0.224 e. The van der Waals surface area contributed by atoms with Crippen LogP contribution >= 0.6 is 0 Å². The van der Waals surface area contributed by atoms with Gasteiger partial charge in [-0.3, -0.25) is 4.79 Å². The molecule has 21 heavy (non-hydrogen) atoms. The molecule has 1 aromatic rings. The minimum Gasteiger partial charge on any atom is -0.488 e. The largest absolute Gasteiger partial charge is 0.488 e. The fourth-order valence-corrected chi connectivity index (χ4v) is 3.24. The number of rotatable bonds is 2. The van der Waals surface area contributed by atoms with Crippen LogP contribution in [0.5, 0.6) is 5.75 Å². The average molecular weight is 289 g/mol. The van der Waals surface area contributed by atoms with Gasteiger partial charge in [-0.15, -0.1) is 0 Å². The highest BCUT2D eigenvalue weighted by molar-refractivity contribution is 5.93. The van der Waals surface area contributed by atoms with Crippen molar-refractivity contribution in [3.63, 3.8) is 0 Å². The molecule has 1 fully saturated rings. The second-order valence-electron chi connectivity index (χ2n) is 7.00. The number of nitrogens with one attached hydrogen (secondary N) is 1. The molecule has 2 atom stereocenters. The number of carbonyl (C=O) groups is 1. The first-order valence-corrected chi connectivity index (χ1v) is 7.70. The molecule has 0 saturated heterocycles. The van der Waals surface area contributed by atoms with Crippen molar-refractivity contribution in [2.24, 2.45) is 5.41 Å². The summed E-state index contributed by atoms with van der Waals surface area (Å²) in [6.07, 6.45) is 3.41. The number of hydrogen-bond donors (Lipinski definition) is 2. The number of fused-ring (bicyclic) bond motifs is 1. The molecule has 0 aromatic heterocycles. The molecule has 0 spiro atoms. The van der Waals surface area contributed by atoms with E-state index in [0.29, 0.717) is 6.42 Å². The predicted octanol–water partition coefficient (Wildman–Crippen LogP) is 2.89. The molecular weight excluding hydrogens is 266 g/mol. The van der Waals surface area contributed by atoms with E-state index in [2.05, 4.69) is 19.2 Å². The zero-order chi connectivity index (χ0) is 15.0. The molecule has 1 aliphatic heterocycles. The van der Waals surface area contributed by atoms with Crippen LogP contribution in [0.2, 0.25) is 0 Å². The Morgan fingerprint density at radius 1 is 1.33 bits per heavy atom. The summed E-state index contributed by atoms with van der Waals surface area (Å²) < 4.78 is 6.03. The van der Waals surface area contributed by atoms with E-state index in [4.69, 9.17) is 4.74 Å². The van der Waals surface area contributed by atoms with Gasteiger partial charge in [0.05, 0.1) is 6.10 Å². The Balaban J connectivity index is 1.74. The van der Waals surface area contributed by atoms with Crippen LogP contribution in [0.15, 0.2) is 18.2 Å². The second-order valence-corrected chi connectivity index (χ2v) is 7.00. The van der Waals surface area contributed by atoms with Crippen molar-refractivity contribution in [1.82, 2.24) is 0 Å². The number of hydrogen-bond acceptors (Lipinski definition) is 3. The number of aliphatic hydroxyl groups excluding tert-OH is 1. The van der Waals surface area contributed by atoms with Gasteiger partial charge in [0.15, 0.2) is 0 Å². The Bertz CT molecular complexity index is 553. The minimum absolute atomic E-state index is 0.0700. The number of aliphatic hydroxyl groups is 1. The van der Waals surface area contributed by atoms with Crippen LogP contribution in [-0.2, 0) is 11.2 Å². The van der Waals surface area contributed by atoms with Gasteiger partial charge in [-0.2, -0.15) is 0 Å². The number of amides is 1. The van der Waals surface area contributed by atoms with E-state index >= 15 is 0 Å². The summed E-state index contributed by atoms with van der Waals surface area (Å²) in [7, 11) is 0. The number of ether oxygens (including phenoxy) is 1. The predicted molar refractivity (Wildman–Crippen MR) is 81.4 cm³/mol. The van der Waals surface area contributed by atoms with Crippen molar-refractivity contribution in [1.29, 1.82) is 0 Å². The van der Waals surface area contributed by atoms with E-state index in [-0.39, 0.29) is 17.4 Å². The van der Waals surface area contributed by atoms with Gasteiger partial charge in [0, 0.05) is 12.1 Å². The first-order valence-electron chi connectivity index (χ1n) is 7.70. The number of carbonyl (C=O) groups excluding carboxylic acids is 1. The minimum atomic E-state index is -0.395. The van der Waals surface area contributed by atoms with Crippen LogP contribution in [0.25, 0.3) is 0 Å². The molecule has 1 aromatic carbocycles. The van der Waals surface area contributed by atoms with Gasteiger partial charge in [0.1, 0.15) is 11.9 Å². The lowest BCUT2D eigenvalue weighted by molar-refractivity contribution is -0.116. The Morgan fingerprint density at radius 3 is 2.95 bits per heavy atom. The topological polar surface area (TPSA) is 58.6 Å². The number of anilines is 1. The average Bonchev–Trinajstić information content (AvgIpc) is 2.43. The SMILES string of the molecule is CC1(C)CCC(O)C(Oc2ccc3c(c2)CCC(=O)N3)C1. The molecule has 2 aliphatic rings. The van der Waals surface area contributed by atoms with Gasteiger partial charge in [-0.05, 0) is 54.9 Å². The molecule has 1 aliphatic carbocycles. The molecule has 0 bridgehead atoms. The van der Waals surface area contributed by atoms with Crippen molar-refractivity contribution >= 4 is 11.6 Å². The molecule has 3 rings (SSSR count). The third-order valence-electron chi connectivity index (χ3n) is 4.56. The molecular formula is C17H23NO3. The highest BCUT2D eigenvalue weighted by Gasteiger charge is 2.35. The molecule has 0 radical (unpaired) electrons. The lowest BCUT2D eigenvalue weighted by Crippen LogP contribution is -2.41. The zero-order valence-corrected chi connectivity index (χ0v) is 12.7. The van der Waals surface area contributed by atoms with Gasteiger partial charge in [0.2, 0.25) is 5.91 Å². The molecule has 1 amide bonds. The maximum absolute atomic E-state index is 11.4. The summed E-state index contributed by atoms with van der Waals surface area (Å²) in [5.41, 5.74) is 2.20. The van der Waals surface area contributed by atoms with Crippen LogP contribution in [0.4, 0.5) is 5.69 Å². The highest BCUT2D eigenvalue weighted by atomic mass is 16.5. The first kappa shape index (κ1) is 14.4. The van der Waals surface area contributed by atoms with Crippen LogP contribution in [0, 0.1) is 5.41 Å². The lowest BCUT2D eigenvalue weighted by Gasteiger charge is -2.38. The van der Waals surface area contributed by atoms with E-state index < -0.39 is 6.10 Å². The Hall–Kier alpha value is -1.55. The Labute approximate surface area is 125 Å². The summed E-state index contributed by atoms with van der Waals surface area (Å²) in [5.74, 6) is 0.854. The lowest BCUT2D eigenvalue weighted by atomic mass is 9.75. The van der Waals surface area contributed by atoms with Crippen molar-refractivity contribution in [2.75, 3.05) is 5.32 Å². The summed E-state index contributed by atoms with van der Waals surface area (Å²) in [4.78, 5) is 11.4. The third kappa shape index (κ3) is 3.21. The summed E-state index contributed by atoms with van der Waals surface area (Å²) in [6, 6.07) is 5.75. The molecule has 2 unspecified atom stereocenters. The number of benzene rings is 1. The molecule has 4 nitrogen and oxygen atoms in total.